The van der Waals surface area contributed by atoms with Gasteiger partial charge in [0, 0.05) is 17.7 Å². The van der Waals surface area contributed by atoms with Gasteiger partial charge in [-0.15, -0.1) is 11.8 Å². The normalized spacial score (nSPS) is 12.7. The maximum absolute atomic E-state index is 11.8. The van der Waals surface area contributed by atoms with E-state index in [9.17, 15) is 18.0 Å². The second-order valence-corrected chi connectivity index (χ2v) is 7.90. The SMILES string of the molecule is CC(C(=O)Nc1cccc(CSCC(=O)O)c1)S(C)(=O)=O. The molecule has 0 aliphatic heterocycles. The number of aliphatic carboxylic acids is 1. The number of carbonyl (C=O) groups is 2. The van der Waals surface area contributed by atoms with Crippen LogP contribution in [0.1, 0.15) is 12.5 Å². The summed E-state index contributed by atoms with van der Waals surface area (Å²) in [5.74, 6) is -0.974. The summed E-state index contributed by atoms with van der Waals surface area (Å²) in [7, 11) is -3.44. The largest absolute Gasteiger partial charge is 0.481 e. The molecule has 1 aromatic carbocycles. The molecular formula is C13H17NO5S2. The molecule has 6 nitrogen and oxygen atoms in total. The maximum atomic E-state index is 11.8. The van der Waals surface area contributed by atoms with E-state index in [4.69, 9.17) is 5.11 Å². The first kappa shape index (κ1) is 17.5. The van der Waals surface area contributed by atoms with Gasteiger partial charge >= 0.3 is 5.97 Å². The lowest BCUT2D eigenvalue weighted by atomic mass is 10.2. The van der Waals surface area contributed by atoms with Crippen LogP contribution in [0.5, 0.6) is 0 Å². The molecule has 1 atom stereocenters. The first-order chi connectivity index (χ1) is 9.70. The van der Waals surface area contributed by atoms with Crippen LogP contribution in [0.15, 0.2) is 24.3 Å². The number of anilines is 1. The third kappa shape index (κ3) is 6.17. The van der Waals surface area contributed by atoms with Gasteiger partial charge < -0.3 is 10.4 Å². The molecule has 2 N–H and O–H groups in total. The molecule has 0 fully saturated rings. The van der Waals surface area contributed by atoms with E-state index in [1.54, 1.807) is 18.2 Å². The smallest absolute Gasteiger partial charge is 0.313 e. The Morgan fingerprint density at radius 3 is 2.62 bits per heavy atom. The van der Waals surface area contributed by atoms with E-state index in [0.29, 0.717) is 11.4 Å². The summed E-state index contributed by atoms with van der Waals surface area (Å²) in [4.78, 5) is 22.2. The molecule has 0 aliphatic rings. The standard InChI is InChI=1S/C13H17NO5S2/c1-9(21(2,18)19)13(17)14-11-5-3-4-10(6-11)7-20-8-12(15)16/h3-6,9H,7-8H2,1-2H3,(H,14,17)(H,15,16). The minimum atomic E-state index is -3.44. The number of hydrogen-bond acceptors (Lipinski definition) is 5. The lowest BCUT2D eigenvalue weighted by Crippen LogP contribution is -2.31. The van der Waals surface area contributed by atoms with Crippen LogP contribution in [0.4, 0.5) is 5.69 Å². The van der Waals surface area contributed by atoms with Gasteiger partial charge in [0.15, 0.2) is 9.84 Å². The molecule has 8 heteroatoms. The number of amides is 1. The number of carboxylic acids is 1. The van der Waals surface area contributed by atoms with E-state index in [1.165, 1.54) is 18.7 Å². The van der Waals surface area contributed by atoms with Crippen LogP contribution in [-0.4, -0.2) is 42.7 Å². The summed E-state index contributed by atoms with van der Waals surface area (Å²) < 4.78 is 22.6. The first-order valence-electron chi connectivity index (χ1n) is 6.08. The van der Waals surface area contributed by atoms with Gasteiger partial charge in [-0.2, -0.15) is 0 Å². The van der Waals surface area contributed by atoms with E-state index >= 15 is 0 Å². The Bertz CT molecular complexity index is 627. The molecule has 21 heavy (non-hydrogen) atoms. The van der Waals surface area contributed by atoms with Gasteiger partial charge in [-0.25, -0.2) is 8.42 Å². The number of hydrogen-bond donors (Lipinski definition) is 2. The Labute approximate surface area is 127 Å². The summed E-state index contributed by atoms with van der Waals surface area (Å²) in [5.41, 5.74) is 1.34. The van der Waals surface area contributed by atoms with Crippen LogP contribution in [0, 0.1) is 0 Å². The third-order valence-electron chi connectivity index (χ3n) is 2.70. The predicted octanol–water partition coefficient (Wildman–Crippen LogP) is 1.38. The zero-order chi connectivity index (χ0) is 16.0. The van der Waals surface area contributed by atoms with Crippen molar-refractivity contribution in [3.63, 3.8) is 0 Å². The van der Waals surface area contributed by atoms with Crippen molar-refractivity contribution in [2.75, 3.05) is 17.3 Å². The highest BCUT2D eigenvalue weighted by Gasteiger charge is 2.23. The van der Waals surface area contributed by atoms with E-state index in [1.807, 2.05) is 6.07 Å². The first-order valence-corrected chi connectivity index (χ1v) is 9.19. The van der Waals surface area contributed by atoms with Crippen LogP contribution in [0.25, 0.3) is 0 Å². The van der Waals surface area contributed by atoms with E-state index in [-0.39, 0.29) is 5.75 Å². The lowest BCUT2D eigenvalue weighted by Gasteiger charge is -2.11. The fourth-order valence-corrected chi connectivity index (χ4v) is 2.57. The Morgan fingerprint density at radius 1 is 1.38 bits per heavy atom. The number of rotatable bonds is 7. The van der Waals surface area contributed by atoms with Crippen molar-refractivity contribution in [2.24, 2.45) is 0 Å². The Morgan fingerprint density at radius 2 is 2.05 bits per heavy atom. The van der Waals surface area contributed by atoms with Gasteiger partial charge in [-0.1, -0.05) is 12.1 Å². The lowest BCUT2D eigenvalue weighted by molar-refractivity contribution is -0.133. The minimum absolute atomic E-state index is 0.00169. The highest BCUT2D eigenvalue weighted by atomic mass is 32.2. The van der Waals surface area contributed by atoms with Crippen molar-refractivity contribution in [3.05, 3.63) is 29.8 Å². The number of carboxylic acid groups (broad SMARTS) is 1. The van der Waals surface area contributed by atoms with Gasteiger partial charge in [0.05, 0.1) is 5.75 Å². The second kappa shape index (κ2) is 7.46. The van der Waals surface area contributed by atoms with Crippen LogP contribution >= 0.6 is 11.8 Å². The van der Waals surface area contributed by atoms with Gasteiger partial charge in [-0.3, -0.25) is 9.59 Å². The topological polar surface area (TPSA) is 101 Å². The van der Waals surface area contributed by atoms with Crippen molar-refractivity contribution in [1.82, 2.24) is 0 Å². The molecule has 1 unspecified atom stereocenters. The summed E-state index contributed by atoms with van der Waals surface area (Å²) in [5, 5.41) is 9.99. The van der Waals surface area contributed by atoms with Crippen molar-refractivity contribution in [2.45, 2.75) is 17.9 Å². The van der Waals surface area contributed by atoms with Crippen LogP contribution in [0.2, 0.25) is 0 Å². The molecule has 0 radical (unpaired) electrons. The summed E-state index contributed by atoms with van der Waals surface area (Å²) >= 11 is 1.24. The summed E-state index contributed by atoms with van der Waals surface area (Å²) in [6.07, 6.45) is 1.01. The predicted molar refractivity (Wildman–Crippen MR) is 83.2 cm³/mol. The molecule has 0 saturated heterocycles. The number of benzene rings is 1. The van der Waals surface area contributed by atoms with Crippen LogP contribution < -0.4 is 5.32 Å². The van der Waals surface area contributed by atoms with Gasteiger partial charge in [0.1, 0.15) is 5.25 Å². The quantitative estimate of drug-likeness (QED) is 0.783. The Hall–Kier alpha value is -1.54. The second-order valence-electron chi connectivity index (χ2n) is 4.55. The molecule has 0 aromatic heterocycles. The van der Waals surface area contributed by atoms with Crippen molar-refractivity contribution in [3.8, 4) is 0 Å². The Kier molecular flexibility index (Phi) is 6.22. The number of thioether (sulfide) groups is 1. The fourth-order valence-electron chi connectivity index (χ4n) is 1.43. The molecule has 0 bridgehead atoms. The van der Waals surface area contributed by atoms with Crippen LogP contribution in [0.3, 0.4) is 0 Å². The molecule has 0 spiro atoms. The number of sulfone groups is 1. The molecule has 1 rings (SSSR count). The van der Waals surface area contributed by atoms with Crippen molar-refractivity contribution in [1.29, 1.82) is 0 Å². The number of carbonyl (C=O) groups excluding carboxylic acids is 1. The number of nitrogens with one attached hydrogen (secondary N) is 1. The highest BCUT2D eigenvalue weighted by Crippen LogP contribution is 2.17. The molecule has 1 amide bonds. The molecule has 0 heterocycles. The fraction of sp³-hybridized carbons (Fsp3) is 0.385. The van der Waals surface area contributed by atoms with E-state index in [2.05, 4.69) is 5.32 Å². The average molecular weight is 331 g/mol. The third-order valence-corrected chi connectivity index (χ3v) is 5.19. The zero-order valence-electron chi connectivity index (χ0n) is 11.7. The van der Waals surface area contributed by atoms with Gasteiger partial charge in [0.2, 0.25) is 5.91 Å². The zero-order valence-corrected chi connectivity index (χ0v) is 13.3. The van der Waals surface area contributed by atoms with Crippen LogP contribution in [-0.2, 0) is 25.2 Å². The van der Waals surface area contributed by atoms with Crippen molar-refractivity contribution >= 4 is 39.2 Å². The average Bonchev–Trinajstić information content (AvgIpc) is 2.36. The highest BCUT2D eigenvalue weighted by molar-refractivity contribution is 7.99. The minimum Gasteiger partial charge on any atom is -0.481 e. The summed E-state index contributed by atoms with van der Waals surface area (Å²) in [6, 6.07) is 6.88. The maximum Gasteiger partial charge on any atom is 0.313 e. The van der Waals surface area contributed by atoms with E-state index < -0.39 is 27.0 Å². The molecular weight excluding hydrogens is 314 g/mol. The van der Waals surface area contributed by atoms with E-state index in [0.717, 1.165) is 11.8 Å². The van der Waals surface area contributed by atoms with Crippen molar-refractivity contribution < 1.29 is 23.1 Å². The molecule has 1 aromatic rings. The van der Waals surface area contributed by atoms with Gasteiger partial charge in [0.25, 0.3) is 0 Å². The van der Waals surface area contributed by atoms with Gasteiger partial charge in [-0.05, 0) is 24.6 Å². The molecule has 0 saturated carbocycles. The monoisotopic (exact) mass is 331 g/mol. The molecule has 0 aliphatic carbocycles. The summed E-state index contributed by atoms with van der Waals surface area (Å²) in [6.45, 7) is 1.33. The molecule has 116 valence electrons. The Balaban J connectivity index is 2.68.